The predicted octanol–water partition coefficient (Wildman–Crippen LogP) is -2.04. The first-order valence-electron chi connectivity index (χ1n) is 3.76. The Bertz CT molecular complexity index is 410. The topological polar surface area (TPSA) is 136 Å². The number of carbonyl (C=O) groups excluding carboxylic acids is 2. The van der Waals surface area contributed by atoms with Crippen molar-refractivity contribution >= 4 is 11.8 Å². The van der Waals surface area contributed by atoms with Gasteiger partial charge in [-0.25, -0.2) is 21.7 Å². The van der Waals surface area contributed by atoms with Crippen LogP contribution in [0.25, 0.3) is 0 Å². The highest BCUT2D eigenvalue weighted by atomic mass is 19.2. The minimum atomic E-state index is -1.63. The fourth-order valence-corrected chi connectivity index (χ4v) is 0.848. The van der Waals surface area contributed by atoms with Crippen LogP contribution in [0.5, 0.6) is 0 Å². The highest BCUT2D eigenvalue weighted by Gasteiger charge is 2.23. The van der Waals surface area contributed by atoms with Crippen molar-refractivity contribution < 1.29 is 18.4 Å². The van der Waals surface area contributed by atoms with Crippen LogP contribution in [0.4, 0.5) is 8.78 Å². The second-order valence-electron chi connectivity index (χ2n) is 2.45. The number of rotatable bonds is 2. The molecule has 0 radical (unpaired) electrons. The number of halogens is 2. The van der Waals surface area contributed by atoms with Crippen molar-refractivity contribution in [2.45, 2.75) is 0 Å². The Hall–Kier alpha value is -2.20. The zero-order valence-electron chi connectivity index (χ0n) is 7.62. The van der Waals surface area contributed by atoms with Crippen LogP contribution >= 0.6 is 0 Å². The van der Waals surface area contributed by atoms with Crippen LogP contribution in [0, 0.1) is 11.9 Å². The average molecular weight is 232 g/mol. The molecule has 86 valence electrons. The van der Waals surface area contributed by atoms with Crippen molar-refractivity contribution in [3.05, 3.63) is 23.3 Å². The number of amides is 2. The number of hydrogen-bond donors (Lipinski definition) is 4. The molecule has 10 heteroatoms. The van der Waals surface area contributed by atoms with Crippen molar-refractivity contribution in [3.63, 3.8) is 0 Å². The smallest absolute Gasteiger partial charge is 0.286 e. The normalized spacial score (nSPS) is 9.75. The predicted molar refractivity (Wildman–Crippen MR) is 45.3 cm³/mol. The molecule has 2 amide bonds. The molecule has 1 aromatic rings. The number of nitrogens with zero attached hydrogens (tertiary/aromatic N) is 2. The molecule has 0 aliphatic heterocycles. The van der Waals surface area contributed by atoms with Crippen molar-refractivity contribution in [2.24, 2.45) is 11.7 Å². The minimum absolute atomic E-state index is 0.774. The fourth-order valence-electron chi connectivity index (χ4n) is 0.848. The van der Waals surface area contributed by atoms with E-state index in [0.29, 0.717) is 0 Å². The highest BCUT2D eigenvalue weighted by molar-refractivity contribution is 6.04. The molecule has 0 aliphatic carbocycles. The first-order chi connectivity index (χ1) is 7.51. The summed E-state index contributed by atoms with van der Waals surface area (Å²) < 4.78 is 25.4. The number of aromatic nitrogens is 2. The van der Waals surface area contributed by atoms with E-state index in [1.165, 1.54) is 0 Å². The van der Waals surface area contributed by atoms with Gasteiger partial charge in [-0.3, -0.25) is 20.4 Å². The van der Waals surface area contributed by atoms with Crippen LogP contribution in [0.15, 0.2) is 0 Å². The van der Waals surface area contributed by atoms with E-state index in [1.54, 1.807) is 10.9 Å². The van der Waals surface area contributed by atoms with Crippen LogP contribution in [-0.2, 0) is 0 Å². The van der Waals surface area contributed by atoms with Crippen LogP contribution in [0.3, 0.4) is 0 Å². The third kappa shape index (κ3) is 2.07. The van der Waals surface area contributed by atoms with Gasteiger partial charge in [-0.1, -0.05) is 0 Å². The summed E-state index contributed by atoms with van der Waals surface area (Å²) >= 11 is 0. The van der Waals surface area contributed by atoms with E-state index in [0.717, 1.165) is 0 Å². The third-order valence-corrected chi connectivity index (χ3v) is 1.51. The van der Waals surface area contributed by atoms with Crippen molar-refractivity contribution in [1.29, 1.82) is 0 Å². The van der Waals surface area contributed by atoms with E-state index in [1.807, 2.05) is 0 Å². The molecular weight excluding hydrogens is 226 g/mol. The molecule has 0 atom stereocenters. The van der Waals surface area contributed by atoms with Gasteiger partial charge in [0.25, 0.3) is 23.7 Å². The lowest BCUT2D eigenvalue weighted by Gasteiger charge is -2.05. The van der Waals surface area contributed by atoms with E-state index in [2.05, 4.69) is 9.97 Å². The Morgan fingerprint density at radius 3 is 1.50 bits per heavy atom. The van der Waals surface area contributed by atoms with Gasteiger partial charge in [0.2, 0.25) is 0 Å². The maximum Gasteiger partial charge on any atom is 0.286 e. The van der Waals surface area contributed by atoms with Crippen molar-refractivity contribution in [1.82, 2.24) is 20.8 Å². The van der Waals surface area contributed by atoms with E-state index >= 15 is 0 Å². The van der Waals surface area contributed by atoms with Crippen LogP contribution in [-0.4, -0.2) is 21.8 Å². The summed E-state index contributed by atoms with van der Waals surface area (Å²) in [6.07, 6.45) is 0. The van der Waals surface area contributed by atoms with E-state index < -0.39 is 35.1 Å². The summed E-state index contributed by atoms with van der Waals surface area (Å²) in [5, 5.41) is 0. The fraction of sp³-hybridized carbons (Fsp3) is 0. The van der Waals surface area contributed by atoms with Gasteiger partial charge in [0.05, 0.1) is 0 Å². The maximum atomic E-state index is 12.7. The molecule has 0 spiro atoms. The zero-order valence-corrected chi connectivity index (χ0v) is 7.62. The van der Waals surface area contributed by atoms with Crippen LogP contribution in [0.2, 0.25) is 0 Å². The Kier molecular flexibility index (Phi) is 3.37. The number of hydrogen-bond acceptors (Lipinski definition) is 6. The maximum absolute atomic E-state index is 12.7. The minimum Gasteiger partial charge on any atom is -0.289 e. The lowest BCUT2D eigenvalue weighted by atomic mass is 10.3. The summed E-state index contributed by atoms with van der Waals surface area (Å²) in [6.45, 7) is 0. The quantitative estimate of drug-likeness (QED) is 0.263. The van der Waals surface area contributed by atoms with E-state index in [4.69, 9.17) is 11.7 Å². The number of hydrazine groups is 2. The molecule has 16 heavy (non-hydrogen) atoms. The number of nitrogen functional groups attached to an aromatic ring is 2. The first-order valence-corrected chi connectivity index (χ1v) is 3.76. The second-order valence-corrected chi connectivity index (χ2v) is 2.45. The van der Waals surface area contributed by atoms with Gasteiger partial charge in [0.15, 0.2) is 11.4 Å². The van der Waals surface area contributed by atoms with Gasteiger partial charge in [0, 0.05) is 0 Å². The molecule has 0 unspecified atom stereocenters. The monoisotopic (exact) mass is 232 g/mol. The molecule has 1 aromatic heterocycles. The Morgan fingerprint density at radius 2 is 1.25 bits per heavy atom. The van der Waals surface area contributed by atoms with Crippen LogP contribution in [0.1, 0.15) is 21.0 Å². The standard InChI is InChI=1S/C6H6F2N6O2/c7-3-4(8)12-2(6(16)14-10)1(11-3)5(15)13-9/h9-10H2,(H,13,15)(H,14,16). The summed E-state index contributed by atoms with van der Waals surface area (Å²) in [7, 11) is 0. The van der Waals surface area contributed by atoms with Gasteiger partial charge in [-0.2, -0.15) is 8.78 Å². The highest BCUT2D eigenvalue weighted by Crippen LogP contribution is 2.07. The summed E-state index contributed by atoms with van der Waals surface area (Å²) in [6, 6.07) is 0. The largest absolute Gasteiger partial charge is 0.289 e. The Balaban J connectivity index is 3.38. The molecule has 0 bridgehead atoms. The number of nitrogens with one attached hydrogen (secondary N) is 2. The molecule has 1 heterocycles. The van der Waals surface area contributed by atoms with Gasteiger partial charge in [0.1, 0.15) is 0 Å². The number of nitrogens with two attached hydrogens (primary N) is 2. The molecule has 0 fully saturated rings. The van der Waals surface area contributed by atoms with Gasteiger partial charge in [-0.05, 0) is 0 Å². The SMILES string of the molecule is NNC(=O)c1nc(F)c(F)nc1C(=O)NN. The molecule has 0 aromatic carbocycles. The van der Waals surface area contributed by atoms with E-state index in [-0.39, 0.29) is 0 Å². The number of carbonyl (C=O) groups is 2. The summed E-state index contributed by atoms with van der Waals surface area (Å²) in [5.74, 6) is 4.03. The van der Waals surface area contributed by atoms with Crippen LogP contribution < -0.4 is 22.5 Å². The molecule has 6 N–H and O–H groups in total. The molecule has 0 aliphatic rings. The second kappa shape index (κ2) is 4.55. The third-order valence-electron chi connectivity index (χ3n) is 1.51. The Morgan fingerprint density at radius 1 is 0.938 bits per heavy atom. The van der Waals surface area contributed by atoms with Gasteiger partial charge in [-0.15, -0.1) is 0 Å². The van der Waals surface area contributed by atoms with Gasteiger partial charge < -0.3 is 0 Å². The first kappa shape index (κ1) is 11.9. The lowest BCUT2D eigenvalue weighted by molar-refractivity contribution is 0.0908. The Labute approximate surface area is 87.0 Å². The van der Waals surface area contributed by atoms with Crippen molar-refractivity contribution in [2.75, 3.05) is 0 Å². The summed E-state index contributed by atoms with van der Waals surface area (Å²) in [4.78, 5) is 27.9. The van der Waals surface area contributed by atoms with E-state index in [9.17, 15) is 18.4 Å². The molecule has 1 rings (SSSR count). The van der Waals surface area contributed by atoms with Crippen molar-refractivity contribution in [3.8, 4) is 0 Å². The molecule has 8 nitrogen and oxygen atoms in total. The zero-order chi connectivity index (χ0) is 12.3. The molecular formula is C6H6F2N6O2. The van der Waals surface area contributed by atoms with Gasteiger partial charge >= 0.3 is 0 Å². The lowest BCUT2D eigenvalue weighted by Crippen LogP contribution is -2.37. The average Bonchev–Trinajstić information content (AvgIpc) is 2.30. The summed E-state index contributed by atoms with van der Waals surface area (Å²) in [5.41, 5.74) is 1.64. The molecule has 0 saturated heterocycles. The molecule has 0 saturated carbocycles.